The van der Waals surface area contributed by atoms with Crippen molar-refractivity contribution in [3.63, 3.8) is 0 Å². The summed E-state index contributed by atoms with van der Waals surface area (Å²) in [5.41, 5.74) is 0. The van der Waals surface area contributed by atoms with Crippen molar-refractivity contribution in [1.82, 2.24) is 9.97 Å². The van der Waals surface area contributed by atoms with Crippen LogP contribution >= 0.6 is 0 Å². The lowest BCUT2D eigenvalue weighted by atomic mass is 10.7. The van der Waals surface area contributed by atoms with Gasteiger partial charge in [-0.1, -0.05) is 0 Å². The van der Waals surface area contributed by atoms with E-state index in [9.17, 15) is 8.78 Å². The van der Waals surface area contributed by atoms with Crippen LogP contribution in [-0.2, 0) is 0 Å². The molecule has 2 nitrogen and oxygen atoms in total. The van der Waals surface area contributed by atoms with Crippen LogP contribution in [0.3, 0.4) is 0 Å². The second-order valence-electron chi connectivity index (χ2n) is 1.02. The summed E-state index contributed by atoms with van der Waals surface area (Å²) in [6, 6.07) is -0.790. The monoisotopic (exact) mass is 118 g/mol. The normalized spacial score (nSPS) is 12.8. The Balaban J connectivity index is 3.31. The molecule has 0 fully saturated rings. The molecule has 1 aromatic heterocycles. The fraction of sp³-hybridized carbons (Fsp3) is 0. The molecule has 42 valence electrons. The minimum atomic E-state index is -1.32. The Morgan fingerprint density at radius 1 is 1.62 bits per heavy atom. The summed E-state index contributed by atoms with van der Waals surface area (Å²) >= 11 is 0. The van der Waals surface area contributed by atoms with Crippen molar-refractivity contribution in [2.24, 2.45) is 0 Å². The quantitative estimate of drug-likeness (QED) is 0.371. The predicted octanol–water partition coefficient (Wildman–Crippen LogP) is 0.755. The average molecular weight is 118 g/mol. The SMILES string of the molecule is [2H]c1nc(F)nc(F)c1[2H]. The lowest BCUT2D eigenvalue weighted by molar-refractivity contribution is 0.482. The first kappa shape index (κ1) is 3.06. The highest BCUT2D eigenvalue weighted by atomic mass is 19.1. The molecule has 0 unspecified atom stereocenters. The second kappa shape index (κ2) is 1.81. The Labute approximate surface area is 47.0 Å². The zero-order chi connectivity index (χ0) is 7.72. The van der Waals surface area contributed by atoms with Gasteiger partial charge in [-0.05, 0) is 0 Å². The molecule has 0 atom stereocenters. The molecule has 0 amide bonds. The first-order chi connectivity index (χ1) is 4.61. The van der Waals surface area contributed by atoms with E-state index in [1.165, 1.54) is 0 Å². The molecule has 8 heavy (non-hydrogen) atoms. The number of hydrogen-bond acceptors (Lipinski definition) is 2. The van der Waals surface area contributed by atoms with Gasteiger partial charge < -0.3 is 0 Å². The Kier molecular flexibility index (Phi) is 0.695. The highest BCUT2D eigenvalue weighted by Gasteiger charge is 1.91. The Morgan fingerprint density at radius 2 is 2.38 bits per heavy atom. The van der Waals surface area contributed by atoms with Gasteiger partial charge in [0.25, 0.3) is 0 Å². The molecular weight excluding hydrogens is 114 g/mol. The molecule has 0 bridgehead atoms. The number of aromatic nitrogens is 2. The minimum Gasteiger partial charge on any atom is -0.211 e. The molecule has 1 rings (SSSR count). The largest absolute Gasteiger partial charge is 0.311 e. The number of rotatable bonds is 0. The summed E-state index contributed by atoms with van der Waals surface area (Å²) in [5.74, 6) is -1.31. The lowest BCUT2D eigenvalue weighted by Crippen LogP contribution is -1.89. The summed E-state index contributed by atoms with van der Waals surface area (Å²) in [4.78, 5) is 5.38. The molecule has 4 heteroatoms. The average Bonchev–Trinajstić information content (AvgIpc) is 1.82. The van der Waals surface area contributed by atoms with Crippen molar-refractivity contribution in [1.29, 1.82) is 0 Å². The van der Waals surface area contributed by atoms with Gasteiger partial charge in [0.1, 0.15) is 0 Å². The van der Waals surface area contributed by atoms with Gasteiger partial charge in [0.05, 0.1) is 2.74 Å². The van der Waals surface area contributed by atoms with Crippen molar-refractivity contribution in [2.75, 3.05) is 0 Å². The van der Waals surface area contributed by atoms with Gasteiger partial charge in [0, 0.05) is 12.2 Å². The van der Waals surface area contributed by atoms with E-state index in [4.69, 9.17) is 2.74 Å². The molecule has 0 spiro atoms. The third-order valence-corrected chi connectivity index (χ3v) is 0.498. The van der Waals surface area contributed by atoms with Crippen molar-refractivity contribution in [2.45, 2.75) is 0 Å². The third kappa shape index (κ3) is 0.959. The number of hydrogen-bond donors (Lipinski definition) is 0. The first-order valence-electron chi connectivity index (χ1n) is 2.77. The molecule has 0 saturated heterocycles. The summed E-state index contributed by atoms with van der Waals surface area (Å²) in [5, 5.41) is 0. The molecule has 1 aromatic rings. The Hall–Kier alpha value is -1.06. The Morgan fingerprint density at radius 3 is 3.00 bits per heavy atom. The topological polar surface area (TPSA) is 25.8 Å². The fourth-order valence-electron chi connectivity index (χ4n) is 0.254. The van der Waals surface area contributed by atoms with Crippen LogP contribution in [0, 0.1) is 12.0 Å². The van der Waals surface area contributed by atoms with Crippen molar-refractivity contribution in [3.8, 4) is 0 Å². The van der Waals surface area contributed by atoms with Gasteiger partial charge in [-0.2, -0.15) is 13.8 Å². The molecule has 0 aliphatic carbocycles. The summed E-state index contributed by atoms with van der Waals surface area (Å²) in [6.07, 6.45) is -2.07. The maximum Gasteiger partial charge on any atom is 0.311 e. The van der Waals surface area contributed by atoms with Crippen LogP contribution in [-0.4, -0.2) is 9.97 Å². The van der Waals surface area contributed by atoms with E-state index in [-0.39, 0.29) is 0 Å². The van der Waals surface area contributed by atoms with E-state index >= 15 is 0 Å². The third-order valence-electron chi connectivity index (χ3n) is 0.498. The summed E-state index contributed by atoms with van der Waals surface area (Å²) < 4.78 is 37.5. The van der Waals surface area contributed by atoms with Gasteiger partial charge in [0.2, 0.25) is 5.95 Å². The zero-order valence-electron chi connectivity index (χ0n) is 5.65. The van der Waals surface area contributed by atoms with Crippen LogP contribution in [0.5, 0.6) is 0 Å². The molecule has 0 saturated carbocycles. The fourth-order valence-corrected chi connectivity index (χ4v) is 0.254. The van der Waals surface area contributed by atoms with E-state index in [0.717, 1.165) is 0 Å². The number of halogens is 2. The van der Waals surface area contributed by atoms with Crippen LogP contribution in [0.25, 0.3) is 0 Å². The smallest absolute Gasteiger partial charge is 0.211 e. The molecule has 0 aliphatic rings. The summed E-state index contributed by atoms with van der Waals surface area (Å²) in [7, 11) is 0. The van der Waals surface area contributed by atoms with E-state index < -0.39 is 24.2 Å². The molecule has 0 aliphatic heterocycles. The van der Waals surface area contributed by atoms with Crippen molar-refractivity contribution in [3.05, 3.63) is 24.2 Å². The van der Waals surface area contributed by atoms with Gasteiger partial charge in [-0.25, -0.2) is 4.98 Å². The predicted molar refractivity (Wildman–Crippen MR) is 21.9 cm³/mol. The maximum absolute atomic E-state index is 12.1. The van der Waals surface area contributed by atoms with E-state index in [1.807, 2.05) is 0 Å². The molecule has 0 N–H and O–H groups in total. The zero-order valence-corrected chi connectivity index (χ0v) is 3.65. The standard InChI is InChI=1S/C4H2F2N2/c5-3-1-2-7-4(6)8-3/h1-2H/i1D,2D. The molecule has 0 radical (unpaired) electrons. The van der Waals surface area contributed by atoms with Gasteiger partial charge in [0.15, 0.2) is 0 Å². The van der Waals surface area contributed by atoms with Crippen LogP contribution in [0.2, 0.25) is 0 Å². The minimum absolute atomic E-state index is 0.745. The van der Waals surface area contributed by atoms with Crippen LogP contribution in [0.15, 0.2) is 12.2 Å². The lowest BCUT2D eigenvalue weighted by Gasteiger charge is -1.82. The Bertz CT molecular complexity index is 242. The van der Waals surface area contributed by atoms with Crippen molar-refractivity contribution < 1.29 is 11.5 Å². The van der Waals surface area contributed by atoms with E-state index in [0.29, 0.717) is 0 Å². The molecular formula is C4H2F2N2. The van der Waals surface area contributed by atoms with Crippen molar-refractivity contribution >= 4 is 0 Å². The van der Waals surface area contributed by atoms with Crippen LogP contribution < -0.4 is 0 Å². The van der Waals surface area contributed by atoms with Gasteiger partial charge >= 0.3 is 6.08 Å². The van der Waals surface area contributed by atoms with Crippen LogP contribution in [0.1, 0.15) is 2.74 Å². The van der Waals surface area contributed by atoms with E-state index in [2.05, 4.69) is 9.97 Å². The first-order valence-corrected chi connectivity index (χ1v) is 1.77. The molecule has 1 heterocycles. The second-order valence-corrected chi connectivity index (χ2v) is 1.02. The van der Waals surface area contributed by atoms with E-state index in [1.54, 1.807) is 0 Å². The highest BCUT2D eigenvalue weighted by Crippen LogP contribution is 1.88. The highest BCUT2D eigenvalue weighted by molar-refractivity contribution is 4.80. The van der Waals surface area contributed by atoms with Gasteiger partial charge in [-0.15, -0.1) is 0 Å². The summed E-state index contributed by atoms with van der Waals surface area (Å²) in [6.45, 7) is 0. The number of nitrogens with zero attached hydrogens (tertiary/aromatic N) is 2. The maximum atomic E-state index is 12.1. The van der Waals surface area contributed by atoms with Gasteiger partial charge in [-0.3, -0.25) is 0 Å². The van der Waals surface area contributed by atoms with Crippen LogP contribution in [0.4, 0.5) is 8.78 Å². The molecule has 0 aromatic carbocycles.